The quantitative estimate of drug-likeness (QED) is 0.458. The monoisotopic (exact) mass is 664 g/mol. The average Bonchev–Trinajstić information content (AvgIpc) is 3.06. The van der Waals surface area contributed by atoms with E-state index in [1.54, 1.807) is 14.2 Å². The first-order valence-corrected chi connectivity index (χ1v) is 11.4. The van der Waals surface area contributed by atoms with Gasteiger partial charge in [-0.15, -0.1) is 12.2 Å². The number of aliphatic hydroxyl groups is 1. The van der Waals surface area contributed by atoms with Gasteiger partial charge in [-0.2, -0.15) is 0 Å². The maximum Gasteiger partial charge on any atom is 0.292 e. The van der Waals surface area contributed by atoms with Gasteiger partial charge in [0.2, 0.25) is 0 Å². The molecule has 0 bridgehead atoms. The second kappa shape index (κ2) is 15.0. The number of amides is 1. The predicted octanol–water partition coefficient (Wildman–Crippen LogP) is 1.66. The van der Waals surface area contributed by atoms with Crippen LogP contribution in [0.25, 0.3) is 5.32 Å². The molecule has 1 spiro atoms. The molecule has 0 saturated carbocycles. The Morgan fingerprint density at radius 3 is 2.31 bits per heavy atom. The van der Waals surface area contributed by atoms with Gasteiger partial charge in [0.1, 0.15) is 6.29 Å². The Morgan fingerprint density at radius 1 is 1.14 bits per heavy atom. The Bertz CT molecular complexity index is 793. The average molecular weight is 664 g/mol. The fourth-order valence-corrected chi connectivity index (χ4v) is 3.88. The second-order valence-electron chi connectivity index (χ2n) is 8.89. The molecule has 35 heavy (non-hydrogen) atoms. The SMILES string of the molecule is CC1(C)COC2(OC1)C(=O)N(CC=O)c1ccc([N-]CCN3CCOCC3)cc12.CO.COC.[W]. The van der Waals surface area contributed by atoms with Gasteiger partial charge in [-0.1, -0.05) is 26.0 Å². The van der Waals surface area contributed by atoms with Crippen molar-refractivity contribution in [2.45, 2.75) is 19.6 Å². The molecule has 3 aliphatic rings. The van der Waals surface area contributed by atoms with Crippen LogP contribution in [0.1, 0.15) is 19.4 Å². The van der Waals surface area contributed by atoms with Crippen molar-refractivity contribution in [3.63, 3.8) is 0 Å². The van der Waals surface area contributed by atoms with Crippen LogP contribution in [0, 0.1) is 5.41 Å². The van der Waals surface area contributed by atoms with Gasteiger partial charge in [0.15, 0.2) is 0 Å². The number of benzene rings is 1. The first-order chi connectivity index (χ1) is 16.4. The van der Waals surface area contributed by atoms with Crippen molar-refractivity contribution in [3.05, 3.63) is 29.1 Å². The zero-order chi connectivity index (χ0) is 25.2. The summed E-state index contributed by atoms with van der Waals surface area (Å²) in [7, 11) is 4.25. The van der Waals surface area contributed by atoms with Crippen LogP contribution < -0.4 is 4.90 Å². The van der Waals surface area contributed by atoms with Crippen LogP contribution in [-0.2, 0) is 55.4 Å². The van der Waals surface area contributed by atoms with E-state index >= 15 is 0 Å². The third kappa shape index (κ3) is 7.79. The number of hydrogen-bond acceptors (Lipinski definition) is 8. The topological polar surface area (TPSA) is 112 Å². The molecule has 4 rings (SSSR count). The first kappa shape index (κ1) is 31.6. The van der Waals surface area contributed by atoms with Crippen molar-refractivity contribution in [2.75, 3.05) is 85.4 Å². The maximum absolute atomic E-state index is 13.1. The van der Waals surface area contributed by atoms with Crippen LogP contribution in [0.4, 0.5) is 11.4 Å². The van der Waals surface area contributed by atoms with Crippen molar-refractivity contribution < 1.29 is 54.7 Å². The molecule has 2 fully saturated rings. The number of aldehydes is 1. The summed E-state index contributed by atoms with van der Waals surface area (Å²) in [6.07, 6.45) is 0.716. The van der Waals surface area contributed by atoms with Gasteiger partial charge in [-0.05, 0) is 12.6 Å². The molecule has 0 aliphatic carbocycles. The molecule has 0 aromatic heterocycles. The van der Waals surface area contributed by atoms with E-state index in [0.29, 0.717) is 37.3 Å². The van der Waals surface area contributed by atoms with Crippen molar-refractivity contribution in [1.29, 1.82) is 0 Å². The minimum Gasteiger partial charge on any atom is -0.683 e. The van der Waals surface area contributed by atoms with Gasteiger partial charge >= 0.3 is 0 Å². The Balaban J connectivity index is 0.000000950. The Morgan fingerprint density at radius 2 is 1.74 bits per heavy atom. The molecule has 1 aromatic rings. The third-order valence-electron chi connectivity index (χ3n) is 5.56. The molecule has 0 radical (unpaired) electrons. The van der Waals surface area contributed by atoms with E-state index in [0.717, 1.165) is 45.6 Å². The smallest absolute Gasteiger partial charge is 0.292 e. The largest absolute Gasteiger partial charge is 0.683 e. The molecule has 11 heteroatoms. The number of anilines is 1. The fourth-order valence-electron chi connectivity index (χ4n) is 3.88. The second-order valence-corrected chi connectivity index (χ2v) is 8.89. The van der Waals surface area contributed by atoms with Gasteiger partial charge in [-0.25, -0.2) is 0 Å². The fraction of sp³-hybridized carbons (Fsp3) is 0.667. The van der Waals surface area contributed by atoms with Gasteiger partial charge in [-0.3, -0.25) is 9.69 Å². The van der Waals surface area contributed by atoms with E-state index in [9.17, 15) is 9.59 Å². The standard InChI is InChI=1S/C21H28N3O5.C2H6O.CH4O.W/c1-20(2)14-28-21(29-15-20)17-13-16(22-5-6-23-8-11-27-12-9-23)3-4-18(17)24(7-10-25)19(21)26;1-3-2;1-2;/h3-4,10,13H,5-9,11-12,14-15H2,1-2H3;1-2H3;2H,1H3;/q-1;;;. The Labute approximate surface area is 222 Å². The Kier molecular flexibility index (Phi) is 13.6. The van der Waals surface area contributed by atoms with E-state index in [2.05, 4.69) is 15.0 Å². The van der Waals surface area contributed by atoms with Crippen LogP contribution in [0.2, 0.25) is 0 Å². The van der Waals surface area contributed by atoms with Crippen molar-refractivity contribution in [2.24, 2.45) is 5.41 Å². The Hall–Kier alpha value is -1.39. The molecule has 3 aliphatic heterocycles. The van der Waals surface area contributed by atoms with E-state index in [-0.39, 0.29) is 38.9 Å². The molecular weight excluding hydrogens is 626 g/mol. The number of methoxy groups -OCH3 is 1. The number of carbonyl (C=O) groups is 2. The molecule has 1 N–H and O–H groups in total. The molecule has 1 amide bonds. The summed E-state index contributed by atoms with van der Waals surface area (Å²) < 4.78 is 21.7. The molecule has 0 unspecified atom stereocenters. The number of nitrogens with zero attached hydrogens (tertiary/aromatic N) is 3. The minimum atomic E-state index is -1.48. The third-order valence-corrected chi connectivity index (χ3v) is 5.56. The van der Waals surface area contributed by atoms with Crippen LogP contribution in [0.3, 0.4) is 0 Å². The summed E-state index contributed by atoms with van der Waals surface area (Å²) >= 11 is 0. The molecule has 0 atom stereocenters. The van der Waals surface area contributed by atoms with E-state index in [4.69, 9.17) is 19.3 Å². The van der Waals surface area contributed by atoms with Crippen molar-refractivity contribution in [3.8, 4) is 0 Å². The predicted molar refractivity (Wildman–Crippen MR) is 128 cm³/mol. The van der Waals surface area contributed by atoms with E-state index in [1.165, 1.54) is 4.90 Å². The minimum absolute atomic E-state index is 0. The summed E-state index contributed by atoms with van der Waals surface area (Å²) in [5, 5.41) is 11.7. The molecular formula is C24H38N3O7W-. The van der Waals surface area contributed by atoms with Crippen molar-refractivity contribution >= 4 is 23.6 Å². The molecule has 3 heterocycles. The van der Waals surface area contributed by atoms with Crippen LogP contribution in [0.5, 0.6) is 0 Å². The number of carbonyl (C=O) groups excluding carboxylic acids is 2. The maximum atomic E-state index is 13.1. The first-order valence-electron chi connectivity index (χ1n) is 11.4. The number of hydrogen-bond donors (Lipinski definition) is 1. The van der Waals surface area contributed by atoms with E-state index < -0.39 is 5.79 Å². The van der Waals surface area contributed by atoms with Gasteiger partial charge in [0.05, 0.1) is 38.7 Å². The normalized spacial score (nSPS) is 19.9. The number of ether oxygens (including phenoxy) is 4. The summed E-state index contributed by atoms with van der Waals surface area (Å²) in [6.45, 7) is 9.72. The molecule has 2 saturated heterocycles. The van der Waals surface area contributed by atoms with Crippen LogP contribution >= 0.6 is 0 Å². The van der Waals surface area contributed by atoms with E-state index in [1.807, 2.05) is 32.0 Å². The van der Waals surface area contributed by atoms with Gasteiger partial charge in [0.25, 0.3) is 11.7 Å². The van der Waals surface area contributed by atoms with Gasteiger partial charge < -0.3 is 39.1 Å². The zero-order valence-electron chi connectivity index (χ0n) is 21.3. The number of fused-ring (bicyclic) bond motifs is 2. The molecule has 10 nitrogen and oxygen atoms in total. The van der Waals surface area contributed by atoms with Crippen LogP contribution in [-0.4, -0.2) is 103 Å². The van der Waals surface area contributed by atoms with Crippen molar-refractivity contribution in [1.82, 2.24) is 4.90 Å². The summed E-state index contributed by atoms with van der Waals surface area (Å²) in [5.74, 6) is -1.83. The summed E-state index contributed by atoms with van der Waals surface area (Å²) in [6, 6.07) is 5.55. The molecule has 198 valence electrons. The summed E-state index contributed by atoms with van der Waals surface area (Å²) in [4.78, 5) is 28.0. The number of rotatable bonds is 6. The summed E-state index contributed by atoms with van der Waals surface area (Å²) in [5.41, 5.74) is 1.87. The van der Waals surface area contributed by atoms with Gasteiger partial charge in [0, 0.05) is 66.5 Å². The number of morpholine rings is 1. The molecule has 1 aromatic carbocycles. The van der Waals surface area contributed by atoms with Crippen LogP contribution in [0.15, 0.2) is 18.2 Å². The zero-order valence-corrected chi connectivity index (χ0v) is 24.3. The number of aliphatic hydroxyl groups excluding tert-OH is 1.